The average molecular weight is 286 g/mol. The molecule has 5 heteroatoms. The van der Waals surface area contributed by atoms with Crippen molar-refractivity contribution in [2.24, 2.45) is 0 Å². The van der Waals surface area contributed by atoms with E-state index in [0.29, 0.717) is 18.4 Å². The van der Waals surface area contributed by atoms with Crippen molar-refractivity contribution in [2.75, 3.05) is 24.6 Å². The number of nitrogens with zero attached hydrogens (tertiary/aromatic N) is 2. The van der Waals surface area contributed by atoms with Crippen LogP contribution < -0.4 is 11.1 Å². The van der Waals surface area contributed by atoms with Gasteiger partial charge in [0.15, 0.2) is 11.6 Å². The van der Waals surface area contributed by atoms with Crippen molar-refractivity contribution in [1.82, 2.24) is 9.88 Å². The minimum atomic E-state index is -0.316. The third-order valence-electron chi connectivity index (χ3n) is 3.99. The lowest BCUT2D eigenvalue weighted by Crippen LogP contribution is -2.42. The van der Waals surface area contributed by atoms with Crippen molar-refractivity contribution in [3.63, 3.8) is 0 Å². The maximum absolute atomic E-state index is 13.6. The van der Waals surface area contributed by atoms with Gasteiger partial charge in [0.2, 0.25) is 0 Å². The molecule has 1 aliphatic rings. The van der Waals surface area contributed by atoms with Gasteiger partial charge in [-0.25, -0.2) is 9.37 Å². The Balaban J connectivity index is 1.70. The van der Waals surface area contributed by atoms with Crippen molar-refractivity contribution >= 4 is 11.5 Å². The van der Waals surface area contributed by atoms with Gasteiger partial charge in [-0.05, 0) is 48.9 Å². The highest BCUT2D eigenvalue weighted by molar-refractivity contribution is 5.46. The summed E-state index contributed by atoms with van der Waals surface area (Å²) in [6.45, 7) is 1.52. The van der Waals surface area contributed by atoms with Gasteiger partial charge in [0.1, 0.15) is 0 Å². The Morgan fingerprint density at radius 3 is 3.05 bits per heavy atom. The predicted octanol–water partition coefficient (Wildman–Crippen LogP) is 2.27. The van der Waals surface area contributed by atoms with Crippen LogP contribution in [-0.4, -0.2) is 29.5 Å². The van der Waals surface area contributed by atoms with E-state index in [1.54, 1.807) is 12.3 Å². The summed E-state index contributed by atoms with van der Waals surface area (Å²) in [4.78, 5) is 6.28. The van der Waals surface area contributed by atoms with E-state index in [4.69, 9.17) is 5.73 Å². The second-order valence-corrected chi connectivity index (χ2v) is 5.52. The van der Waals surface area contributed by atoms with Crippen LogP contribution in [0.2, 0.25) is 0 Å². The highest BCUT2D eigenvalue weighted by Gasteiger charge is 2.23. The van der Waals surface area contributed by atoms with E-state index in [1.165, 1.54) is 17.2 Å². The number of likely N-dealkylation sites (N-methyl/N-ethyl adjacent to an activating group) is 1. The molecule has 0 spiro atoms. The normalized spacial score (nSPS) is 18.3. The Bertz CT molecular complexity index is 644. The summed E-state index contributed by atoms with van der Waals surface area (Å²) >= 11 is 0. The number of hydrogen-bond acceptors (Lipinski definition) is 4. The van der Waals surface area contributed by atoms with E-state index < -0.39 is 0 Å². The number of hydrogen-bond donors (Lipinski definition) is 2. The van der Waals surface area contributed by atoms with E-state index in [9.17, 15) is 4.39 Å². The van der Waals surface area contributed by atoms with Crippen molar-refractivity contribution in [3.05, 3.63) is 53.5 Å². The molecule has 1 aromatic heterocycles. The molecule has 1 unspecified atom stereocenters. The molecule has 21 heavy (non-hydrogen) atoms. The summed E-state index contributed by atoms with van der Waals surface area (Å²) in [6.07, 6.45) is 2.52. The zero-order chi connectivity index (χ0) is 14.8. The first kappa shape index (κ1) is 13.8. The van der Waals surface area contributed by atoms with Crippen LogP contribution in [0.3, 0.4) is 0 Å². The van der Waals surface area contributed by atoms with E-state index in [2.05, 4.69) is 28.3 Å². The Hall–Kier alpha value is -2.14. The zero-order valence-corrected chi connectivity index (χ0v) is 12.0. The quantitative estimate of drug-likeness (QED) is 0.850. The van der Waals surface area contributed by atoms with Crippen LogP contribution in [0.5, 0.6) is 0 Å². The van der Waals surface area contributed by atoms with Crippen LogP contribution in [-0.2, 0) is 13.0 Å². The second-order valence-electron chi connectivity index (χ2n) is 5.52. The number of rotatable bonds is 3. The van der Waals surface area contributed by atoms with Crippen LogP contribution in [0, 0.1) is 5.82 Å². The van der Waals surface area contributed by atoms with E-state index >= 15 is 0 Å². The molecule has 0 saturated heterocycles. The molecule has 3 N–H and O–H groups in total. The number of nitrogen functional groups attached to an aromatic ring is 1. The van der Waals surface area contributed by atoms with Gasteiger partial charge in [-0.3, -0.25) is 4.90 Å². The average Bonchev–Trinajstić information content (AvgIpc) is 2.46. The Labute approximate surface area is 123 Å². The lowest BCUT2D eigenvalue weighted by Gasteiger charge is -2.34. The number of pyridine rings is 1. The number of halogens is 1. The van der Waals surface area contributed by atoms with Gasteiger partial charge < -0.3 is 11.1 Å². The highest BCUT2D eigenvalue weighted by atomic mass is 19.1. The number of nitrogens with two attached hydrogens (primary N) is 1. The second kappa shape index (κ2) is 5.69. The van der Waals surface area contributed by atoms with Gasteiger partial charge >= 0.3 is 0 Å². The monoisotopic (exact) mass is 286 g/mol. The molecule has 0 amide bonds. The minimum Gasteiger partial charge on any atom is -0.399 e. The molecular weight excluding hydrogens is 267 g/mol. The Morgan fingerprint density at radius 2 is 2.24 bits per heavy atom. The van der Waals surface area contributed by atoms with Gasteiger partial charge in [-0.1, -0.05) is 6.07 Å². The summed E-state index contributed by atoms with van der Waals surface area (Å²) in [5.41, 5.74) is 9.22. The zero-order valence-electron chi connectivity index (χ0n) is 12.0. The first-order valence-corrected chi connectivity index (χ1v) is 7.05. The fourth-order valence-corrected chi connectivity index (χ4v) is 2.76. The van der Waals surface area contributed by atoms with Crippen LogP contribution in [0.15, 0.2) is 36.5 Å². The fraction of sp³-hybridized carbons (Fsp3) is 0.312. The van der Waals surface area contributed by atoms with Gasteiger partial charge in [0.25, 0.3) is 0 Å². The fourth-order valence-electron chi connectivity index (χ4n) is 2.76. The Kier molecular flexibility index (Phi) is 3.75. The lowest BCUT2D eigenvalue weighted by molar-refractivity contribution is 0.224. The molecule has 0 radical (unpaired) electrons. The largest absolute Gasteiger partial charge is 0.399 e. The molecule has 2 aromatic rings. The first-order chi connectivity index (χ1) is 10.1. The van der Waals surface area contributed by atoms with Crippen molar-refractivity contribution in [1.29, 1.82) is 0 Å². The molecule has 0 saturated carbocycles. The maximum atomic E-state index is 13.6. The number of benzene rings is 1. The molecule has 110 valence electrons. The smallest absolute Gasteiger partial charge is 0.165 e. The molecule has 0 fully saturated rings. The van der Waals surface area contributed by atoms with Gasteiger partial charge in [0.05, 0.1) is 0 Å². The molecule has 1 aliphatic heterocycles. The first-order valence-electron chi connectivity index (χ1n) is 7.05. The van der Waals surface area contributed by atoms with E-state index in [1.807, 2.05) is 12.1 Å². The molecule has 0 aliphatic carbocycles. The van der Waals surface area contributed by atoms with Gasteiger partial charge in [0, 0.05) is 31.0 Å². The van der Waals surface area contributed by atoms with E-state index in [-0.39, 0.29) is 5.82 Å². The van der Waals surface area contributed by atoms with Crippen LogP contribution >= 0.6 is 0 Å². The molecular formula is C16H19FN4. The summed E-state index contributed by atoms with van der Waals surface area (Å²) in [5.74, 6) is -0.00172. The van der Waals surface area contributed by atoms with Crippen LogP contribution in [0.25, 0.3) is 0 Å². The van der Waals surface area contributed by atoms with E-state index in [0.717, 1.165) is 18.7 Å². The maximum Gasteiger partial charge on any atom is 0.165 e. The summed E-state index contributed by atoms with van der Waals surface area (Å²) in [5, 5.41) is 3.10. The minimum absolute atomic E-state index is 0.308. The third kappa shape index (κ3) is 2.97. The van der Waals surface area contributed by atoms with Gasteiger partial charge in [-0.15, -0.1) is 0 Å². The molecule has 4 nitrogen and oxygen atoms in total. The predicted molar refractivity (Wildman–Crippen MR) is 82.5 cm³/mol. The van der Waals surface area contributed by atoms with Crippen LogP contribution in [0.4, 0.5) is 15.9 Å². The molecule has 0 bridgehead atoms. The van der Waals surface area contributed by atoms with Crippen LogP contribution in [0.1, 0.15) is 11.1 Å². The Morgan fingerprint density at radius 1 is 1.38 bits per heavy atom. The summed E-state index contributed by atoms with van der Waals surface area (Å²) in [6, 6.07) is 9.38. The number of fused-ring (bicyclic) bond motifs is 1. The standard InChI is InChI=1S/C16H19FN4/c1-21-10-12-7-13(18)5-4-11(12)8-14(21)9-20-16-15(17)3-2-6-19-16/h2-7,14H,8-10,18H2,1H3,(H,19,20). The van der Waals surface area contributed by atoms with Crippen molar-refractivity contribution in [2.45, 2.75) is 19.0 Å². The number of anilines is 2. The topological polar surface area (TPSA) is 54.2 Å². The molecule has 3 rings (SSSR count). The molecule has 1 atom stereocenters. The van der Waals surface area contributed by atoms with Crippen molar-refractivity contribution in [3.8, 4) is 0 Å². The molecule has 2 heterocycles. The number of aromatic nitrogens is 1. The summed E-state index contributed by atoms with van der Waals surface area (Å²) < 4.78 is 13.6. The lowest BCUT2D eigenvalue weighted by atomic mass is 9.94. The highest BCUT2D eigenvalue weighted by Crippen LogP contribution is 2.24. The number of nitrogens with one attached hydrogen (secondary N) is 1. The third-order valence-corrected chi connectivity index (χ3v) is 3.99. The SMILES string of the molecule is CN1Cc2cc(N)ccc2CC1CNc1ncccc1F. The van der Waals surface area contributed by atoms with Gasteiger partial charge in [-0.2, -0.15) is 0 Å². The van der Waals surface area contributed by atoms with Crippen molar-refractivity contribution < 1.29 is 4.39 Å². The summed E-state index contributed by atoms with van der Waals surface area (Å²) in [7, 11) is 2.08. The molecule has 1 aromatic carbocycles.